The van der Waals surface area contributed by atoms with Crippen LogP contribution in [0.5, 0.6) is 0 Å². The first-order chi connectivity index (χ1) is 6.59. The Bertz CT molecular complexity index is 345. The minimum Gasteiger partial charge on any atom is -0.476 e. The van der Waals surface area contributed by atoms with Gasteiger partial charge in [-0.25, -0.2) is 4.79 Å². The highest BCUT2D eigenvalue weighted by Crippen LogP contribution is 2.41. The third-order valence-electron chi connectivity index (χ3n) is 2.47. The molecule has 0 spiro atoms. The van der Waals surface area contributed by atoms with Crippen molar-refractivity contribution < 1.29 is 9.90 Å². The van der Waals surface area contributed by atoms with E-state index >= 15 is 0 Å². The first-order valence-corrected chi connectivity index (χ1v) is 4.92. The van der Waals surface area contributed by atoms with Gasteiger partial charge < -0.3 is 5.11 Å². The number of rotatable bonds is 3. The summed E-state index contributed by atoms with van der Waals surface area (Å²) in [5, 5.41) is 12.9. The van der Waals surface area contributed by atoms with Crippen LogP contribution in [0.2, 0.25) is 0 Å². The summed E-state index contributed by atoms with van der Waals surface area (Å²) in [6.07, 6.45) is 2.33. The van der Waals surface area contributed by atoms with Crippen molar-refractivity contribution in [3.63, 3.8) is 0 Å². The molecule has 76 valence electrons. The van der Waals surface area contributed by atoms with Gasteiger partial charge in [0.2, 0.25) is 0 Å². The lowest BCUT2D eigenvalue weighted by Crippen LogP contribution is -2.07. The van der Waals surface area contributed by atoms with Gasteiger partial charge >= 0.3 is 5.97 Å². The number of carbonyl (C=O) groups is 1. The summed E-state index contributed by atoms with van der Waals surface area (Å²) >= 11 is 0. The standard InChI is InChI=1S/C10H14N2O2/c1-6(2)12-9(7-3-4-7)5-8(11-12)10(13)14/h5-7H,3-4H2,1-2H3,(H,13,14). The zero-order valence-corrected chi connectivity index (χ0v) is 8.40. The van der Waals surface area contributed by atoms with Crippen molar-refractivity contribution in [2.75, 3.05) is 0 Å². The van der Waals surface area contributed by atoms with Gasteiger partial charge in [-0.15, -0.1) is 0 Å². The highest BCUT2D eigenvalue weighted by atomic mass is 16.4. The largest absolute Gasteiger partial charge is 0.476 e. The Morgan fingerprint density at radius 3 is 2.71 bits per heavy atom. The van der Waals surface area contributed by atoms with Gasteiger partial charge in [0.25, 0.3) is 0 Å². The molecule has 1 heterocycles. The van der Waals surface area contributed by atoms with Crippen molar-refractivity contribution in [2.24, 2.45) is 0 Å². The maximum absolute atomic E-state index is 10.8. The van der Waals surface area contributed by atoms with Gasteiger partial charge in [-0.3, -0.25) is 4.68 Å². The lowest BCUT2D eigenvalue weighted by Gasteiger charge is -2.09. The molecule has 0 saturated heterocycles. The number of hydrogen-bond acceptors (Lipinski definition) is 2. The molecule has 1 fully saturated rings. The van der Waals surface area contributed by atoms with Crippen molar-refractivity contribution in [3.8, 4) is 0 Å². The molecule has 4 heteroatoms. The van der Waals surface area contributed by atoms with Gasteiger partial charge in [-0.05, 0) is 32.8 Å². The van der Waals surface area contributed by atoms with Gasteiger partial charge in [0.1, 0.15) is 0 Å². The quantitative estimate of drug-likeness (QED) is 0.801. The molecular weight excluding hydrogens is 180 g/mol. The van der Waals surface area contributed by atoms with Crippen LogP contribution in [0.3, 0.4) is 0 Å². The molecule has 1 aromatic rings. The second kappa shape index (κ2) is 3.12. The molecule has 1 aromatic heterocycles. The number of hydrogen-bond donors (Lipinski definition) is 1. The van der Waals surface area contributed by atoms with Crippen LogP contribution in [0.15, 0.2) is 6.07 Å². The monoisotopic (exact) mass is 194 g/mol. The summed E-state index contributed by atoms with van der Waals surface area (Å²) < 4.78 is 1.83. The number of carboxylic acids is 1. The molecule has 0 aromatic carbocycles. The van der Waals surface area contributed by atoms with E-state index in [0.717, 1.165) is 18.5 Å². The minimum atomic E-state index is -0.939. The molecule has 0 atom stereocenters. The van der Waals surface area contributed by atoms with Gasteiger partial charge in [0, 0.05) is 17.7 Å². The predicted molar refractivity (Wildman–Crippen MR) is 51.5 cm³/mol. The van der Waals surface area contributed by atoms with Crippen LogP contribution in [-0.4, -0.2) is 20.9 Å². The molecule has 0 aliphatic heterocycles. The second-order valence-corrected chi connectivity index (χ2v) is 4.07. The Labute approximate surface area is 82.5 Å². The van der Waals surface area contributed by atoms with Crippen LogP contribution in [0, 0.1) is 0 Å². The van der Waals surface area contributed by atoms with E-state index in [2.05, 4.69) is 5.10 Å². The molecule has 14 heavy (non-hydrogen) atoms. The average Bonchev–Trinajstić information content (AvgIpc) is 2.83. The third kappa shape index (κ3) is 1.52. The summed E-state index contributed by atoms with van der Waals surface area (Å²) in [6, 6.07) is 1.94. The second-order valence-electron chi connectivity index (χ2n) is 4.07. The summed E-state index contributed by atoms with van der Waals surface area (Å²) in [4.78, 5) is 10.8. The number of aromatic nitrogens is 2. The van der Waals surface area contributed by atoms with Crippen LogP contribution < -0.4 is 0 Å². The van der Waals surface area contributed by atoms with Gasteiger partial charge in [-0.2, -0.15) is 5.10 Å². The first kappa shape index (κ1) is 9.24. The maximum Gasteiger partial charge on any atom is 0.356 e. The summed E-state index contributed by atoms with van der Waals surface area (Å²) in [7, 11) is 0. The van der Waals surface area contributed by atoms with Crippen LogP contribution in [-0.2, 0) is 0 Å². The Balaban J connectivity index is 2.40. The number of carboxylic acid groups (broad SMARTS) is 1. The van der Waals surface area contributed by atoms with Gasteiger partial charge in [0.05, 0.1) is 0 Å². The van der Waals surface area contributed by atoms with Crippen LogP contribution in [0.4, 0.5) is 0 Å². The summed E-state index contributed by atoms with van der Waals surface area (Å²) in [5.41, 5.74) is 1.25. The minimum absolute atomic E-state index is 0.167. The zero-order valence-electron chi connectivity index (χ0n) is 8.40. The lowest BCUT2D eigenvalue weighted by atomic mass is 10.2. The molecule has 0 bridgehead atoms. The fourth-order valence-corrected chi connectivity index (χ4v) is 1.61. The zero-order chi connectivity index (χ0) is 10.3. The fraction of sp³-hybridized carbons (Fsp3) is 0.600. The highest BCUT2D eigenvalue weighted by molar-refractivity contribution is 5.85. The van der Waals surface area contributed by atoms with E-state index in [1.54, 1.807) is 6.07 Å². The normalized spacial score (nSPS) is 16.2. The molecule has 4 nitrogen and oxygen atoms in total. The Morgan fingerprint density at radius 1 is 1.64 bits per heavy atom. The van der Waals surface area contributed by atoms with Crippen LogP contribution in [0.1, 0.15) is 54.8 Å². The predicted octanol–water partition coefficient (Wildman–Crippen LogP) is 2.04. The van der Waals surface area contributed by atoms with Crippen molar-refractivity contribution in [3.05, 3.63) is 17.5 Å². The first-order valence-electron chi connectivity index (χ1n) is 4.92. The van der Waals surface area contributed by atoms with Crippen molar-refractivity contribution in [2.45, 2.75) is 38.6 Å². The molecule has 1 saturated carbocycles. The fourth-order valence-electron chi connectivity index (χ4n) is 1.61. The van der Waals surface area contributed by atoms with E-state index in [1.807, 2.05) is 18.5 Å². The van der Waals surface area contributed by atoms with E-state index in [-0.39, 0.29) is 11.7 Å². The van der Waals surface area contributed by atoms with Crippen LogP contribution >= 0.6 is 0 Å². The van der Waals surface area contributed by atoms with E-state index in [0.29, 0.717) is 5.92 Å². The Kier molecular flexibility index (Phi) is 2.06. The summed E-state index contributed by atoms with van der Waals surface area (Å²) in [5.74, 6) is -0.399. The Hall–Kier alpha value is -1.32. The van der Waals surface area contributed by atoms with Crippen molar-refractivity contribution in [1.29, 1.82) is 0 Å². The molecule has 2 rings (SSSR count). The van der Waals surface area contributed by atoms with Gasteiger partial charge in [0.15, 0.2) is 5.69 Å². The average molecular weight is 194 g/mol. The van der Waals surface area contributed by atoms with E-state index in [4.69, 9.17) is 5.11 Å². The lowest BCUT2D eigenvalue weighted by molar-refractivity contribution is 0.0689. The highest BCUT2D eigenvalue weighted by Gasteiger charge is 2.29. The Morgan fingerprint density at radius 2 is 2.29 bits per heavy atom. The molecule has 1 aliphatic rings. The number of aromatic carboxylic acids is 1. The van der Waals surface area contributed by atoms with E-state index in [1.165, 1.54) is 0 Å². The van der Waals surface area contributed by atoms with Crippen LogP contribution in [0.25, 0.3) is 0 Å². The number of nitrogens with zero attached hydrogens (tertiary/aromatic N) is 2. The van der Waals surface area contributed by atoms with E-state index < -0.39 is 5.97 Å². The van der Waals surface area contributed by atoms with Crippen molar-refractivity contribution in [1.82, 2.24) is 9.78 Å². The summed E-state index contributed by atoms with van der Waals surface area (Å²) in [6.45, 7) is 4.04. The van der Waals surface area contributed by atoms with Gasteiger partial charge in [-0.1, -0.05) is 0 Å². The molecule has 0 unspecified atom stereocenters. The topological polar surface area (TPSA) is 55.1 Å². The maximum atomic E-state index is 10.8. The van der Waals surface area contributed by atoms with Crippen molar-refractivity contribution >= 4 is 5.97 Å². The van der Waals surface area contributed by atoms with E-state index in [9.17, 15) is 4.79 Å². The molecule has 1 N–H and O–H groups in total. The molecule has 0 amide bonds. The third-order valence-corrected chi connectivity index (χ3v) is 2.47. The SMILES string of the molecule is CC(C)n1nc(C(=O)O)cc1C1CC1. The molecule has 0 radical (unpaired) electrons. The smallest absolute Gasteiger partial charge is 0.356 e. The molecule has 1 aliphatic carbocycles. The molecular formula is C10H14N2O2.